The van der Waals surface area contributed by atoms with Crippen molar-refractivity contribution in [3.05, 3.63) is 47.5 Å². The number of aryl methyl sites for hydroxylation is 3. The van der Waals surface area contributed by atoms with Crippen LogP contribution in [-0.4, -0.2) is 0 Å². The van der Waals surface area contributed by atoms with E-state index in [0.29, 0.717) is 0 Å². The summed E-state index contributed by atoms with van der Waals surface area (Å²) in [5.41, 5.74) is 4.11. The second-order valence-corrected chi connectivity index (χ2v) is 3.00. The topological polar surface area (TPSA) is 0 Å². The standard InChI is InChI=1S/C9H12.C3H6.2CH4/c1-7-4-5-8(2)9(3)6-7;1-3-2;;/h4-6H,1-3H3;3H,1H2,2H3;2*1H4. The van der Waals surface area contributed by atoms with Crippen molar-refractivity contribution in [3.63, 3.8) is 0 Å². The molecule has 0 atom stereocenters. The van der Waals surface area contributed by atoms with E-state index in [2.05, 4.69) is 45.5 Å². The number of hydrogen-bond donors (Lipinski definition) is 0. The molecule has 0 bridgehead atoms. The molecule has 1 rings (SSSR count). The Morgan fingerprint density at radius 1 is 1.00 bits per heavy atom. The first-order chi connectivity index (χ1) is 5.61. The van der Waals surface area contributed by atoms with Gasteiger partial charge >= 0.3 is 0 Å². The van der Waals surface area contributed by atoms with Crippen molar-refractivity contribution in [3.8, 4) is 0 Å². The Morgan fingerprint density at radius 3 is 1.71 bits per heavy atom. The van der Waals surface area contributed by atoms with Gasteiger partial charge in [-0.3, -0.25) is 0 Å². The van der Waals surface area contributed by atoms with Gasteiger partial charge in [-0.2, -0.15) is 0 Å². The Bertz CT molecular complexity index is 246. The molecule has 0 aliphatic carbocycles. The molecule has 0 aromatic heterocycles. The summed E-state index contributed by atoms with van der Waals surface area (Å²) in [6.45, 7) is 11.6. The minimum Gasteiger partial charge on any atom is -0.103 e. The van der Waals surface area contributed by atoms with Gasteiger partial charge in [0.05, 0.1) is 0 Å². The highest BCUT2D eigenvalue weighted by Crippen LogP contribution is 2.07. The van der Waals surface area contributed by atoms with E-state index in [1.807, 2.05) is 6.92 Å². The van der Waals surface area contributed by atoms with E-state index in [1.54, 1.807) is 6.08 Å². The lowest BCUT2D eigenvalue weighted by atomic mass is 10.1. The molecule has 0 unspecified atom stereocenters. The zero-order chi connectivity index (χ0) is 9.56. The highest BCUT2D eigenvalue weighted by atomic mass is 13.9. The Hall–Kier alpha value is -1.04. The molecule has 0 saturated carbocycles. The Morgan fingerprint density at radius 2 is 1.43 bits per heavy atom. The summed E-state index contributed by atoms with van der Waals surface area (Å²) < 4.78 is 0. The van der Waals surface area contributed by atoms with Gasteiger partial charge < -0.3 is 0 Å². The Kier molecular flexibility index (Phi) is 13.4. The average Bonchev–Trinajstić information content (AvgIpc) is 1.99. The van der Waals surface area contributed by atoms with Crippen molar-refractivity contribution in [2.45, 2.75) is 42.5 Å². The molecule has 0 aliphatic rings. The molecule has 0 aliphatic heterocycles. The fourth-order valence-corrected chi connectivity index (χ4v) is 0.891. The van der Waals surface area contributed by atoms with Gasteiger partial charge in [0.15, 0.2) is 0 Å². The van der Waals surface area contributed by atoms with Crippen LogP contribution in [0, 0.1) is 20.8 Å². The summed E-state index contributed by atoms with van der Waals surface area (Å²) >= 11 is 0. The molecule has 0 amide bonds. The maximum absolute atomic E-state index is 3.36. The van der Waals surface area contributed by atoms with Crippen LogP contribution in [0.1, 0.15) is 38.5 Å². The van der Waals surface area contributed by atoms with Crippen molar-refractivity contribution in [1.82, 2.24) is 0 Å². The second-order valence-electron chi connectivity index (χ2n) is 3.00. The summed E-state index contributed by atoms with van der Waals surface area (Å²) in [6, 6.07) is 6.50. The first-order valence-corrected chi connectivity index (χ1v) is 4.22. The van der Waals surface area contributed by atoms with Crippen LogP contribution in [0.25, 0.3) is 0 Å². The van der Waals surface area contributed by atoms with Crippen molar-refractivity contribution in [2.24, 2.45) is 0 Å². The predicted octanol–water partition coefficient (Wildman–Crippen LogP) is 5.08. The molecule has 0 radical (unpaired) electrons. The zero-order valence-electron chi connectivity index (χ0n) is 8.52. The van der Waals surface area contributed by atoms with Gasteiger partial charge in [0, 0.05) is 0 Å². The van der Waals surface area contributed by atoms with Crippen molar-refractivity contribution in [1.29, 1.82) is 0 Å². The average molecular weight is 194 g/mol. The maximum atomic E-state index is 3.36. The first-order valence-electron chi connectivity index (χ1n) is 4.22. The maximum Gasteiger partial charge on any atom is -0.0395 e. The van der Waals surface area contributed by atoms with E-state index in [-0.39, 0.29) is 14.9 Å². The monoisotopic (exact) mass is 194 g/mol. The molecule has 1 aromatic rings. The summed E-state index contributed by atoms with van der Waals surface area (Å²) in [5.74, 6) is 0. The minimum atomic E-state index is 0. The van der Waals surface area contributed by atoms with E-state index >= 15 is 0 Å². The molecule has 14 heavy (non-hydrogen) atoms. The second kappa shape index (κ2) is 10.0. The van der Waals surface area contributed by atoms with E-state index in [9.17, 15) is 0 Å². The molecule has 0 fully saturated rings. The highest BCUT2D eigenvalue weighted by molar-refractivity contribution is 5.28. The van der Waals surface area contributed by atoms with Crippen LogP contribution in [-0.2, 0) is 0 Å². The molecular formula is C14H26. The fraction of sp³-hybridized carbons (Fsp3) is 0.429. The van der Waals surface area contributed by atoms with Gasteiger partial charge in [-0.15, -0.1) is 6.58 Å². The molecule has 0 heteroatoms. The predicted molar refractivity (Wildman–Crippen MR) is 70.0 cm³/mol. The van der Waals surface area contributed by atoms with Gasteiger partial charge in [0.1, 0.15) is 0 Å². The lowest BCUT2D eigenvalue weighted by Crippen LogP contribution is -1.79. The number of benzene rings is 1. The smallest absolute Gasteiger partial charge is 0.0395 e. The van der Waals surface area contributed by atoms with E-state index in [4.69, 9.17) is 0 Å². The minimum absolute atomic E-state index is 0. The Labute approximate surface area is 90.7 Å². The lowest BCUT2D eigenvalue weighted by molar-refractivity contribution is 1.30. The van der Waals surface area contributed by atoms with Crippen LogP contribution >= 0.6 is 0 Å². The number of rotatable bonds is 0. The van der Waals surface area contributed by atoms with Crippen LogP contribution in [0.15, 0.2) is 30.9 Å². The molecule has 0 heterocycles. The molecular weight excluding hydrogens is 168 g/mol. The molecule has 0 N–H and O–H groups in total. The van der Waals surface area contributed by atoms with Gasteiger partial charge in [-0.05, 0) is 38.8 Å². The summed E-state index contributed by atoms with van der Waals surface area (Å²) in [7, 11) is 0. The van der Waals surface area contributed by atoms with Crippen LogP contribution in [0.5, 0.6) is 0 Å². The third-order valence-electron chi connectivity index (χ3n) is 1.66. The SMILES string of the molecule is C.C.C=CC.Cc1ccc(C)c(C)c1. The summed E-state index contributed by atoms with van der Waals surface area (Å²) in [6.07, 6.45) is 1.75. The summed E-state index contributed by atoms with van der Waals surface area (Å²) in [5, 5.41) is 0. The van der Waals surface area contributed by atoms with Gasteiger partial charge in [0.2, 0.25) is 0 Å². The first kappa shape index (κ1) is 18.7. The van der Waals surface area contributed by atoms with Gasteiger partial charge in [-0.25, -0.2) is 0 Å². The third kappa shape index (κ3) is 7.60. The molecule has 1 aromatic carbocycles. The van der Waals surface area contributed by atoms with Crippen LogP contribution in [0.3, 0.4) is 0 Å². The molecule has 0 nitrogen and oxygen atoms in total. The molecule has 0 spiro atoms. The largest absolute Gasteiger partial charge is 0.103 e. The van der Waals surface area contributed by atoms with E-state index in [1.165, 1.54) is 16.7 Å². The summed E-state index contributed by atoms with van der Waals surface area (Å²) in [4.78, 5) is 0. The van der Waals surface area contributed by atoms with Crippen molar-refractivity contribution >= 4 is 0 Å². The van der Waals surface area contributed by atoms with Crippen LogP contribution in [0.2, 0.25) is 0 Å². The van der Waals surface area contributed by atoms with Gasteiger partial charge in [0.25, 0.3) is 0 Å². The fourth-order valence-electron chi connectivity index (χ4n) is 0.891. The molecule has 0 saturated heterocycles. The number of hydrogen-bond acceptors (Lipinski definition) is 0. The van der Waals surface area contributed by atoms with E-state index in [0.717, 1.165) is 0 Å². The zero-order valence-corrected chi connectivity index (χ0v) is 8.52. The van der Waals surface area contributed by atoms with Crippen LogP contribution in [0.4, 0.5) is 0 Å². The quantitative estimate of drug-likeness (QED) is 0.505. The Balaban J connectivity index is -0.000000218. The van der Waals surface area contributed by atoms with Gasteiger partial charge in [-0.1, -0.05) is 44.7 Å². The molecule has 82 valence electrons. The lowest BCUT2D eigenvalue weighted by Gasteiger charge is -1.98. The normalized spacial score (nSPS) is 7.14. The third-order valence-corrected chi connectivity index (χ3v) is 1.66. The van der Waals surface area contributed by atoms with Crippen LogP contribution < -0.4 is 0 Å². The number of allylic oxidation sites excluding steroid dienone is 1. The van der Waals surface area contributed by atoms with E-state index < -0.39 is 0 Å². The van der Waals surface area contributed by atoms with Crippen molar-refractivity contribution in [2.75, 3.05) is 0 Å². The van der Waals surface area contributed by atoms with Crippen molar-refractivity contribution < 1.29 is 0 Å². The highest BCUT2D eigenvalue weighted by Gasteiger charge is 1.89.